The fourth-order valence-electron chi connectivity index (χ4n) is 1.47. The molecular weight excluding hydrogens is 164 g/mol. The second kappa shape index (κ2) is 4.42. The van der Waals surface area contributed by atoms with Crippen LogP contribution >= 0.6 is 0 Å². The van der Waals surface area contributed by atoms with Crippen LogP contribution in [0.15, 0.2) is 12.2 Å². The molecule has 13 heavy (non-hydrogen) atoms. The molecule has 1 saturated heterocycles. The normalized spacial score (nSPS) is 28.2. The first-order valence-electron chi connectivity index (χ1n) is 4.78. The maximum Gasteiger partial charge on any atom is 0.246 e. The Balaban J connectivity index is 2.42. The van der Waals surface area contributed by atoms with Gasteiger partial charge in [-0.25, -0.2) is 0 Å². The molecular formula is C10H18N2O. The van der Waals surface area contributed by atoms with Gasteiger partial charge >= 0.3 is 0 Å². The maximum atomic E-state index is 11.3. The van der Waals surface area contributed by atoms with Gasteiger partial charge in [0.15, 0.2) is 0 Å². The zero-order chi connectivity index (χ0) is 9.84. The SMILES string of the molecule is C=C(C)C(=O)NC1CNCCC1C. The Bertz CT molecular complexity index is 213. The Morgan fingerprint density at radius 1 is 1.62 bits per heavy atom. The van der Waals surface area contributed by atoms with Crippen molar-refractivity contribution >= 4 is 5.91 Å². The fraction of sp³-hybridized carbons (Fsp3) is 0.700. The standard InChI is InChI=1S/C10H18N2O/c1-7(2)10(13)12-9-6-11-5-4-8(9)3/h8-9,11H,1,4-6H2,2-3H3,(H,12,13). The molecule has 1 heterocycles. The van der Waals surface area contributed by atoms with E-state index in [1.54, 1.807) is 6.92 Å². The Hall–Kier alpha value is -0.830. The van der Waals surface area contributed by atoms with Crippen molar-refractivity contribution in [1.82, 2.24) is 10.6 Å². The van der Waals surface area contributed by atoms with E-state index in [0.29, 0.717) is 11.5 Å². The van der Waals surface area contributed by atoms with Crippen LogP contribution in [0.4, 0.5) is 0 Å². The molecule has 1 aliphatic heterocycles. The summed E-state index contributed by atoms with van der Waals surface area (Å²) >= 11 is 0. The lowest BCUT2D eigenvalue weighted by Crippen LogP contribution is -2.50. The van der Waals surface area contributed by atoms with Gasteiger partial charge in [-0.05, 0) is 25.8 Å². The third-order valence-corrected chi connectivity index (χ3v) is 2.53. The molecule has 0 aromatic carbocycles. The summed E-state index contributed by atoms with van der Waals surface area (Å²) in [5.41, 5.74) is 0.581. The average Bonchev–Trinajstić information content (AvgIpc) is 2.08. The average molecular weight is 182 g/mol. The van der Waals surface area contributed by atoms with Crippen LogP contribution in [-0.4, -0.2) is 25.0 Å². The predicted molar refractivity (Wildman–Crippen MR) is 53.4 cm³/mol. The Labute approximate surface area is 79.6 Å². The van der Waals surface area contributed by atoms with Gasteiger partial charge in [-0.2, -0.15) is 0 Å². The minimum Gasteiger partial charge on any atom is -0.348 e. The topological polar surface area (TPSA) is 41.1 Å². The molecule has 1 aliphatic rings. The second-order valence-corrected chi connectivity index (χ2v) is 3.83. The molecule has 2 N–H and O–H groups in total. The van der Waals surface area contributed by atoms with E-state index in [2.05, 4.69) is 24.1 Å². The molecule has 1 amide bonds. The lowest BCUT2D eigenvalue weighted by Gasteiger charge is -2.30. The van der Waals surface area contributed by atoms with Gasteiger partial charge in [0.05, 0.1) is 0 Å². The highest BCUT2D eigenvalue weighted by molar-refractivity contribution is 5.92. The van der Waals surface area contributed by atoms with Crippen molar-refractivity contribution < 1.29 is 4.79 Å². The lowest BCUT2D eigenvalue weighted by molar-refractivity contribution is -0.118. The molecule has 0 radical (unpaired) electrons. The first-order chi connectivity index (χ1) is 6.11. The van der Waals surface area contributed by atoms with E-state index in [1.807, 2.05) is 0 Å². The molecule has 74 valence electrons. The van der Waals surface area contributed by atoms with Gasteiger partial charge in [-0.1, -0.05) is 13.5 Å². The van der Waals surface area contributed by atoms with Gasteiger partial charge in [-0.15, -0.1) is 0 Å². The molecule has 1 fully saturated rings. The van der Waals surface area contributed by atoms with Crippen molar-refractivity contribution in [3.63, 3.8) is 0 Å². The minimum atomic E-state index is -0.0273. The molecule has 0 aliphatic carbocycles. The summed E-state index contributed by atoms with van der Waals surface area (Å²) in [4.78, 5) is 11.3. The van der Waals surface area contributed by atoms with Gasteiger partial charge in [0, 0.05) is 18.2 Å². The van der Waals surface area contributed by atoms with Crippen LogP contribution in [0.3, 0.4) is 0 Å². The number of piperidine rings is 1. The van der Waals surface area contributed by atoms with Gasteiger partial charge in [0.2, 0.25) is 5.91 Å². The molecule has 0 spiro atoms. The predicted octanol–water partition coefficient (Wildman–Crippen LogP) is 0.677. The van der Waals surface area contributed by atoms with E-state index in [4.69, 9.17) is 0 Å². The number of carbonyl (C=O) groups is 1. The zero-order valence-corrected chi connectivity index (χ0v) is 8.39. The summed E-state index contributed by atoms with van der Waals surface area (Å²) in [7, 11) is 0. The van der Waals surface area contributed by atoms with Crippen LogP contribution in [-0.2, 0) is 4.79 Å². The van der Waals surface area contributed by atoms with E-state index in [0.717, 1.165) is 19.5 Å². The van der Waals surface area contributed by atoms with Crippen molar-refractivity contribution in [2.75, 3.05) is 13.1 Å². The summed E-state index contributed by atoms with van der Waals surface area (Å²) in [6.07, 6.45) is 1.13. The van der Waals surface area contributed by atoms with Gasteiger partial charge < -0.3 is 10.6 Å². The first kappa shape index (κ1) is 10.3. The summed E-state index contributed by atoms with van der Waals surface area (Å²) in [6, 6.07) is 0.262. The Morgan fingerprint density at radius 3 is 2.85 bits per heavy atom. The van der Waals surface area contributed by atoms with Crippen molar-refractivity contribution in [1.29, 1.82) is 0 Å². The molecule has 3 nitrogen and oxygen atoms in total. The van der Waals surface area contributed by atoms with Gasteiger partial charge in [-0.3, -0.25) is 4.79 Å². The highest BCUT2D eigenvalue weighted by Crippen LogP contribution is 2.11. The fourth-order valence-corrected chi connectivity index (χ4v) is 1.47. The van der Waals surface area contributed by atoms with E-state index < -0.39 is 0 Å². The molecule has 0 aromatic rings. The maximum absolute atomic E-state index is 11.3. The Morgan fingerprint density at radius 2 is 2.31 bits per heavy atom. The smallest absolute Gasteiger partial charge is 0.246 e. The first-order valence-corrected chi connectivity index (χ1v) is 4.78. The molecule has 1 rings (SSSR count). The van der Waals surface area contributed by atoms with Crippen LogP contribution in [0.2, 0.25) is 0 Å². The zero-order valence-electron chi connectivity index (χ0n) is 8.39. The molecule has 0 saturated carbocycles. The minimum absolute atomic E-state index is 0.0273. The van der Waals surface area contributed by atoms with E-state index in [9.17, 15) is 4.79 Å². The number of hydrogen-bond acceptors (Lipinski definition) is 2. The number of carbonyl (C=O) groups excluding carboxylic acids is 1. The number of nitrogens with one attached hydrogen (secondary N) is 2. The highest BCUT2D eigenvalue weighted by atomic mass is 16.1. The summed E-state index contributed by atoms with van der Waals surface area (Å²) < 4.78 is 0. The van der Waals surface area contributed by atoms with Crippen LogP contribution < -0.4 is 10.6 Å². The third kappa shape index (κ3) is 2.84. The molecule has 2 atom stereocenters. The molecule has 0 bridgehead atoms. The monoisotopic (exact) mass is 182 g/mol. The van der Waals surface area contributed by atoms with Gasteiger partial charge in [0.1, 0.15) is 0 Å². The number of hydrogen-bond donors (Lipinski definition) is 2. The molecule has 2 unspecified atom stereocenters. The summed E-state index contributed by atoms with van der Waals surface area (Å²) in [6.45, 7) is 9.45. The van der Waals surface area contributed by atoms with E-state index in [-0.39, 0.29) is 11.9 Å². The third-order valence-electron chi connectivity index (χ3n) is 2.53. The molecule has 3 heteroatoms. The van der Waals surface area contributed by atoms with E-state index >= 15 is 0 Å². The second-order valence-electron chi connectivity index (χ2n) is 3.83. The van der Waals surface area contributed by atoms with Crippen molar-refractivity contribution in [2.45, 2.75) is 26.3 Å². The highest BCUT2D eigenvalue weighted by Gasteiger charge is 2.22. The van der Waals surface area contributed by atoms with Crippen molar-refractivity contribution in [3.05, 3.63) is 12.2 Å². The quantitative estimate of drug-likeness (QED) is 0.616. The lowest BCUT2D eigenvalue weighted by atomic mass is 9.94. The van der Waals surface area contributed by atoms with E-state index in [1.165, 1.54) is 0 Å². The van der Waals surface area contributed by atoms with Crippen LogP contribution in [0.5, 0.6) is 0 Å². The van der Waals surface area contributed by atoms with Crippen LogP contribution in [0, 0.1) is 5.92 Å². The molecule has 0 aromatic heterocycles. The summed E-state index contributed by atoms with van der Waals surface area (Å²) in [5.74, 6) is 0.532. The van der Waals surface area contributed by atoms with Crippen LogP contribution in [0.1, 0.15) is 20.3 Å². The number of rotatable bonds is 2. The van der Waals surface area contributed by atoms with Crippen molar-refractivity contribution in [2.24, 2.45) is 5.92 Å². The van der Waals surface area contributed by atoms with Crippen LogP contribution in [0.25, 0.3) is 0 Å². The Kier molecular flexibility index (Phi) is 3.48. The van der Waals surface area contributed by atoms with Gasteiger partial charge in [0.25, 0.3) is 0 Å². The van der Waals surface area contributed by atoms with Crippen molar-refractivity contribution in [3.8, 4) is 0 Å². The summed E-state index contributed by atoms with van der Waals surface area (Å²) in [5, 5.41) is 6.23. The largest absolute Gasteiger partial charge is 0.348 e. The number of amides is 1.